The zero-order chi connectivity index (χ0) is 25.1. The van der Waals surface area contributed by atoms with Gasteiger partial charge in [0, 0.05) is 13.1 Å². The molecule has 0 saturated heterocycles. The Morgan fingerprint density at radius 1 is 0.971 bits per heavy atom. The molecule has 2 rings (SSSR count). The molecule has 0 aliphatic carbocycles. The molecule has 0 saturated carbocycles. The van der Waals surface area contributed by atoms with E-state index in [9.17, 15) is 18.0 Å². The van der Waals surface area contributed by atoms with Crippen LogP contribution >= 0.6 is 0 Å². The summed E-state index contributed by atoms with van der Waals surface area (Å²) in [5, 5.41) is 2.88. The van der Waals surface area contributed by atoms with Crippen molar-refractivity contribution in [3.05, 3.63) is 65.7 Å². The molecule has 2 amide bonds. The van der Waals surface area contributed by atoms with Gasteiger partial charge in [0.2, 0.25) is 21.8 Å². The summed E-state index contributed by atoms with van der Waals surface area (Å²) in [5.74, 6) is -0.660. The second-order valence-corrected chi connectivity index (χ2v) is 10.3. The van der Waals surface area contributed by atoms with Gasteiger partial charge in [0.25, 0.3) is 0 Å². The van der Waals surface area contributed by atoms with E-state index in [-0.39, 0.29) is 12.5 Å². The van der Waals surface area contributed by atoms with Crippen LogP contribution in [0.3, 0.4) is 0 Å². The number of nitrogens with one attached hydrogen (secondary N) is 1. The number of anilines is 1. The van der Waals surface area contributed by atoms with E-state index in [1.54, 1.807) is 19.1 Å². The maximum atomic E-state index is 13.4. The van der Waals surface area contributed by atoms with Crippen molar-refractivity contribution in [2.24, 2.45) is 0 Å². The van der Waals surface area contributed by atoms with E-state index in [1.807, 2.05) is 56.3 Å². The third-order valence-electron chi connectivity index (χ3n) is 5.79. The second-order valence-electron chi connectivity index (χ2n) is 8.43. The normalized spacial score (nSPS) is 12.1. The van der Waals surface area contributed by atoms with Crippen molar-refractivity contribution in [3.8, 4) is 0 Å². The first-order valence-corrected chi connectivity index (χ1v) is 13.7. The molecule has 0 spiro atoms. The van der Waals surface area contributed by atoms with Crippen LogP contribution in [0.25, 0.3) is 0 Å². The van der Waals surface area contributed by atoms with Gasteiger partial charge in [-0.3, -0.25) is 13.9 Å². The minimum Gasteiger partial charge on any atom is -0.354 e. The van der Waals surface area contributed by atoms with Crippen molar-refractivity contribution >= 4 is 27.5 Å². The van der Waals surface area contributed by atoms with Crippen LogP contribution in [-0.2, 0) is 32.5 Å². The first-order valence-electron chi connectivity index (χ1n) is 11.8. The van der Waals surface area contributed by atoms with Gasteiger partial charge in [-0.25, -0.2) is 8.42 Å². The molecule has 8 heteroatoms. The minimum absolute atomic E-state index is 0.243. The van der Waals surface area contributed by atoms with Crippen LogP contribution < -0.4 is 9.62 Å². The fraction of sp³-hybridized carbons (Fsp3) is 0.462. The molecule has 1 unspecified atom stereocenters. The summed E-state index contributed by atoms with van der Waals surface area (Å²) in [6, 6.07) is 16.1. The average molecular weight is 488 g/mol. The Morgan fingerprint density at radius 3 is 2.18 bits per heavy atom. The lowest BCUT2D eigenvalue weighted by Crippen LogP contribution is -2.52. The molecule has 1 N–H and O–H groups in total. The van der Waals surface area contributed by atoms with Gasteiger partial charge in [-0.05, 0) is 49.4 Å². The van der Waals surface area contributed by atoms with Crippen molar-refractivity contribution in [2.75, 3.05) is 30.2 Å². The number of unbranched alkanes of at least 4 members (excludes halogenated alkanes) is 1. The Hall–Kier alpha value is -2.87. The maximum absolute atomic E-state index is 13.4. The third-order valence-corrected chi connectivity index (χ3v) is 6.93. The van der Waals surface area contributed by atoms with Crippen molar-refractivity contribution in [3.63, 3.8) is 0 Å². The molecule has 0 aliphatic heterocycles. The first kappa shape index (κ1) is 27.4. The third kappa shape index (κ3) is 8.17. The number of rotatable bonds is 13. The highest BCUT2D eigenvalue weighted by atomic mass is 32.2. The Bertz CT molecular complexity index is 1020. The number of carbonyl (C=O) groups is 2. The lowest BCUT2D eigenvalue weighted by Gasteiger charge is -2.31. The van der Waals surface area contributed by atoms with Crippen molar-refractivity contribution < 1.29 is 18.0 Å². The van der Waals surface area contributed by atoms with Gasteiger partial charge in [-0.15, -0.1) is 0 Å². The smallest absolute Gasteiger partial charge is 0.244 e. The average Bonchev–Trinajstić information content (AvgIpc) is 2.82. The number of aryl methyl sites for hydroxylation is 1. The van der Waals surface area contributed by atoms with Gasteiger partial charge in [0.1, 0.15) is 12.6 Å². The molecule has 7 nitrogen and oxygen atoms in total. The Morgan fingerprint density at radius 2 is 1.62 bits per heavy atom. The topological polar surface area (TPSA) is 86.8 Å². The fourth-order valence-corrected chi connectivity index (χ4v) is 4.47. The van der Waals surface area contributed by atoms with E-state index in [1.165, 1.54) is 4.90 Å². The fourth-order valence-electron chi connectivity index (χ4n) is 3.62. The van der Waals surface area contributed by atoms with Crippen LogP contribution in [0.15, 0.2) is 54.6 Å². The number of hydrogen-bond donors (Lipinski definition) is 1. The summed E-state index contributed by atoms with van der Waals surface area (Å²) in [7, 11) is -3.71. The molecule has 0 radical (unpaired) electrons. The summed E-state index contributed by atoms with van der Waals surface area (Å²) < 4.78 is 26.3. The Labute approximate surface area is 204 Å². The number of amides is 2. The van der Waals surface area contributed by atoms with Crippen LogP contribution in [0.2, 0.25) is 0 Å². The van der Waals surface area contributed by atoms with Gasteiger partial charge in [-0.1, -0.05) is 62.7 Å². The van der Waals surface area contributed by atoms with Crippen molar-refractivity contribution in [2.45, 2.75) is 52.5 Å². The molecule has 0 fully saturated rings. The van der Waals surface area contributed by atoms with E-state index in [0.29, 0.717) is 25.2 Å². The standard InChI is InChI=1S/C26H37N3O4S/c1-5-7-18-27-26(31)21(3)28(19-17-23-11-9-8-10-12-23)25(30)20-29(34(4,32)33)24-15-13-22(6-2)14-16-24/h8-16,21H,5-7,17-20H2,1-4H3,(H,27,31). The Balaban J connectivity index is 2.26. The minimum atomic E-state index is -3.71. The van der Waals surface area contributed by atoms with Crippen LogP contribution in [-0.4, -0.2) is 57.1 Å². The van der Waals surface area contributed by atoms with Crippen LogP contribution in [0, 0.1) is 0 Å². The molecule has 0 bridgehead atoms. The monoisotopic (exact) mass is 487 g/mol. The number of benzene rings is 2. The maximum Gasteiger partial charge on any atom is 0.244 e. The van der Waals surface area contributed by atoms with Gasteiger partial charge >= 0.3 is 0 Å². The molecule has 0 heterocycles. The highest BCUT2D eigenvalue weighted by Crippen LogP contribution is 2.19. The predicted octanol–water partition coefficient (Wildman–Crippen LogP) is 3.39. The van der Waals surface area contributed by atoms with E-state index in [2.05, 4.69) is 5.32 Å². The number of hydrogen-bond acceptors (Lipinski definition) is 4. The van der Waals surface area contributed by atoms with E-state index in [4.69, 9.17) is 0 Å². The van der Waals surface area contributed by atoms with Crippen LogP contribution in [0.1, 0.15) is 44.7 Å². The highest BCUT2D eigenvalue weighted by Gasteiger charge is 2.29. The summed E-state index contributed by atoms with van der Waals surface area (Å²) in [6.45, 7) is 6.22. The van der Waals surface area contributed by atoms with Gasteiger partial charge in [0.15, 0.2) is 0 Å². The SMILES string of the molecule is CCCCNC(=O)C(C)N(CCc1ccccc1)C(=O)CN(c1ccc(CC)cc1)S(C)(=O)=O. The second kappa shape index (κ2) is 13.1. The number of nitrogens with zero attached hydrogens (tertiary/aromatic N) is 2. The molecule has 34 heavy (non-hydrogen) atoms. The van der Waals surface area contributed by atoms with Crippen LogP contribution in [0.5, 0.6) is 0 Å². The molecule has 0 aliphatic rings. The number of sulfonamides is 1. The zero-order valence-electron chi connectivity index (χ0n) is 20.7. The molecule has 2 aromatic rings. The van der Waals surface area contributed by atoms with E-state index >= 15 is 0 Å². The van der Waals surface area contributed by atoms with Crippen molar-refractivity contribution in [1.82, 2.24) is 10.2 Å². The largest absolute Gasteiger partial charge is 0.354 e. The Kier molecular flexibility index (Phi) is 10.6. The van der Waals surface area contributed by atoms with Gasteiger partial charge in [0.05, 0.1) is 11.9 Å². The van der Waals surface area contributed by atoms with Crippen molar-refractivity contribution in [1.29, 1.82) is 0 Å². The van der Waals surface area contributed by atoms with E-state index in [0.717, 1.165) is 41.0 Å². The summed E-state index contributed by atoms with van der Waals surface area (Å²) >= 11 is 0. The molecule has 186 valence electrons. The van der Waals surface area contributed by atoms with Gasteiger partial charge in [-0.2, -0.15) is 0 Å². The molecule has 2 aromatic carbocycles. The summed E-state index contributed by atoms with van der Waals surface area (Å²) in [5.41, 5.74) is 2.54. The predicted molar refractivity (Wildman–Crippen MR) is 137 cm³/mol. The molecular weight excluding hydrogens is 450 g/mol. The molecule has 0 aromatic heterocycles. The number of carbonyl (C=O) groups excluding carboxylic acids is 2. The lowest BCUT2D eigenvalue weighted by atomic mass is 10.1. The zero-order valence-corrected chi connectivity index (χ0v) is 21.5. The molecular formula is C26H37N3O4S. The van der Waals surface area contributed by atoms with Gasteiger partial charge < -0.3 is 10.2 Å². The lowest BCUT2D eigenvalue weighted by molar-refractivity contribution is -0.138. The quantitative estimate of drug-likeness (QED) is 0.439. The summed E-state index contributed by atoms with van der Waals surface area (Å²) in [6.07, 6.45) is 4.28. The van der Waals surface area contributed by atoms with E-state index < -0.39 is 22.0 Å². The molecule has 1 atom stereocenters. The first-order chi connectivity index (χ1) is 16.2. The van der Waals surface area contributed by atoms with Crippen LogP contribution in [0.4, 0.5) is 5.69 Å². The summed E-state index contributed by atoms with van der Waals surface area (Å²) in [4.78, 5) is 27.7. The highest BCUT2D eigenvalue weighted by molar-refractivity contribution is 7.92.